The molecule has 0 spiro atoms. The third kappa shape index (κ3) is 4.36. The van der Waals surface area contributed by atoms with Crippen molar-refractivity contribution in [2.45, 2.75) is 31.6 Å². The first-order valence-corrected chi connectivity index (χ1v) is 8.41. The molecule has 2 aromatic carbocycles. The fourth-order valence-electron chi connectivity index (χ4n) is 2.76. The molecule has 3 N–H and O–H groups in total. The minimum Gasteiger partial charge on any atom is -0.451 e. The Bertz CT molecular complexity index is 785. The fraction of sp³-hybridized carbons (Fsp3) is 0.316. The van der Waals surface area contributed by atoms with Crippen LogP contribution in [0.25, 0.3) is 0 Å². The van der Waals surface area contributed by atoms with Gasteiger partial charge in [0, 0.05) is 13.1 Å². The summed E-state index contributed by atoms with van der Waals surface area (Å²) >= 11 is 0. The van der Waals surface area contributed by atoms with Crippen LogP contribution in [-0.2, 0) is 16.1 Å². The van der Waals surface area contributed by atoms with Crippen LogP contribution in [-0.4, -0.2) is 24.7 Å². The van der Waals surface area contributed by atoms with E-state index in [2.05, 4.69) is 5.32 Å². The lowest BCUT2D eigenvalue weighted by Crippen LogP contribution is -2.35. The molecule has 1 fully saturated rings. The Morgan fingerprint density at radius 3 is 2.62 bits per heavy atom. The van der Waals surface area contributed by atoms with Gasteiger partial charge in [-0.05, 0) is 42.7 Å². The molecule has 7 heteroatoms. The third-order valence-corrected chi connectivity index (χ3v) is 4.18. The monoisotopic (exact) mass is 362 g/mol. The molecule has 1 aliphatic rings. The second-order valence-electron chi connectivity index (χ2n) is 6.07. The maximum Gasteiger partial charge on any atom is 0.249 e. The smallest absolute Gasteiger partial charge is 0.249 e. The summed E-state index contributed by atoms with van der Waals surface area (Å²) in [5.74, 6) is -1.60. The average molecular weight is 362 g/mol. The van der Waals surface area contributed by atoms with E-state index in [4.69, 9.17) is 15.2 Å². The predicted octanol–water partition coefficient (Wildman–Crippen LogP) is 2.88. The topological polar surface area (TPSA) is 73.6 Å². The molecule has 1 saturated heterocycles. The highest BCUT2D eigenvalue weighted by Gasteiger charge is 2.29. The number of ether oxygens (including phenoxy) is 2. The van der Waals surface area contributed by atoms with Crippen molar-refractivity contribution in [2.24, 2.45) is 5.73 Å². The van der Waals surface area contributed by atoms with E-state index in [-0.39, 0.29) is 30.1 Å². The SMILES string of the molecule is NC[C@H]1CC[C@@H](C(=O)NCc2ccc(Oc3ccccc3F)c(F)c2)O1. The molecule has 0 aliphatic carbocycles. The third-order valence-electron chi connectivity index (χ3n) is 4.18. The summed E-state index contributed by atoms with van der Waals surface area (Å²) in [5.41, 5.74) is 6.08. The largest absolute Gasteiger partial charge is 0.451 e. The highest BCUT2D eigenvalue weighted by atomic mass is 19.1. The van der Waals surface area contributed by atoms with Gasteiger partial charge in [0.25, 0.3) is 0 Å². The van der Waals surface area contributed by atoms with Crippen LogP contribution in [0, 0.1) is 11.6 Å². The summed E-state index contributed by atoms with van der Waals surface area (Å²) < 4.78 is 38.5. The minimum absolute atomic E-state index is 0.0553. The maximum absolute atomic E-state index is 14.2. The maximum atomic E-state index is 14.2. The van der Waals surface area contributed by atoms with Gasteiger partial charge < -0.3 is 20.5 Å². The van der Waals surface area contributed by atoms with Gasteiger partial charge in [-0.2, -0.15) is 0 Å². The Kier molecular flexibility index (Phi) is 5.80. The van der Waals surface area contributed by atoms with Gasteiger partial charge in [0.15, 0.2) is 23.1 Å². The van der Waals surface area contributed by atoms with Crippen LogP contribution in [0.1, 0.15) is 18.4 Å². The Balaban J connectivity index is 1.58. The zero-order valence-corrected chi connectivity index (χ0v) is 14.1. The Labute approximate surface area is 150 Å². The van der Waals surface area contributed by atoms with Crippen LogP contribution in [0.3, 0.4) is 0 Å². The molecule has 0 saturated carbocycles. The first kappa shape index (κ1) is 18.3. The minimum atomic E-state index is -0.639. The summed E-state index contributed by atoms with van der Waals surface area (Å²) in [6.07, 6.45) is 0.776. The number of nitrogens with one attached hydrogen (secondary N) is 1. The van der Waals surface area contributed by atoms with Gasteiger partial charge >= 0.3 is 0 Å². The van der Waals surface area contributed by atoms with Crippen molar-refractivity contribution in [1.29, 1.82) is 0 Å². The number of carbonyl (C=O) groups excluding carboxylic acids is 1. The second kappa shape index (κ2) is 8.25. The standard InChI is InChI=1S/C19H20F2N2O3/c20-14-3-1-2-4-16(14)26-17-7-5-12(9-15(17)21)11-23-19(24)18-8-6-13(10-22)25-18/h1-5,7,9,13,18H,6,8,10-11,22H2,(H,23,24)/t13-,18+/m1/s1. The van der Waals surface area contributed by atoms with Crippen molar-refractivity contribution in [1.82, 2.24) is 5.32 Å². The number of para-hydroxylation sites is 1. The lowest BCUT2D eigenvalue weighted by Gasteiger charge is -2.13. The van der Waals surface area contributed by atoms with Gasteiger partial charge in [-0.15, -0.1) is 0 Å². The number of nitrogens with two attached hydrogens (primary N) is 1. The number of hydrogen-bond donors (Lipinski definition) is 2. The van der Waals surface area contributed by atoms with Crippen molar-refractivity contribution >= 4 is 5.91 Å². The van der Waals surface area contributed by atoms with E-state index in [0.29, 0.717) is 18.5 Å². The Morgan fingerprint density at radius 1 is 1.15 bits per heavy atom. The summed E-state index contributed by atoms with van der Waals surface area (Å²) in [6.45, 7) is 0.543. The molecule has 0 aromatic heterocycles. The van der Waals surface area contributed by atoms with Gasteiger partial charge in [-0.25, -0.2) is 8.78 Å². The number of amides is 1. The molecule has 1 amide bonds. The zero-order valence-electron chi connectivity index (χ0n) is 14.1. The van der Waals surface area contributed by atoms with Crippen molar-refractivity contribution < 1.29 is 23.0 Å². The summed E-state index contributed by atoms with van der Waals surface area (Å²) in [5, 5.41) is 2.72. The lowest BCUT2D eigenvalue weighted by molar-refractivity contribution is -0.132. The number of halogens is 2. The molecule has 138 valence electrons. The highest BCUT2D eigenvalue weighted by molar-refractivity contribution is 5.81. The van der Waals surface area contributed by atoms with Gasteiger partial charge in [-0.1, -0.05) is 18.2 Å². The summed E-state index contributed by atoms with van der Waals surface area (Å²) in [6, 6.07) is 10.0. The van der Waals surface area contributed by atoms with Crippen molar-refractivity contribution in [2.75, 3.05) is 6.54 Å². The quantitative estimate of drug-likeness (QED) is 0.829. The van der Waals surface area contributed by atoms with Crippen LogP contribution >= 0.6 is 0 Å². The molecule has 2 aromatic rings. The highest BCUT2D eigenvalue weighted by Crippen LogP contribution is 2.27. The van der Waals surface area contributed by atoms with E-state index in [1.54, 1.807) is 12.1 Å². The van der Waals surface area contributed by atoms with Gasteiger partial charge in [0.2, 0.25) is 5.91 Å². The average Bonchev–Trinajstić information content (AvgIpc) is 3.13. The molecular formula is C19H20F2N2O3. The first-order chi connectivity index (χ1) is 12.6. The molecule has 1 heterocycles. The first-order valence-electron chi connectivity index (χ1n) is 8.41. The zero-order chi connectivity index (χ0) is 18.5. The second-order valence-corrected chi connectivity index (χ2v) is 6.07. The molecule has 3 rings (SSSR count). The normalized spacial score (nSPS) is 19.3. The fourth-order valence-corrected chi connectivity index (χ4v) is 2.76. The molecule has 1 aliphatic heterocycles. The van der Waals surface area contributed by atoms with Crippen LogP contribution in [0.4, 0.5) is 8.78 Å². The van der Waals surface area contributed by atoms with E-state index in [1.165, 1.54) is 30.3 Å². The van der Waals surface area contributed by atoms with E-state index >= 15 is 0 Å². The van der Waals surface area contributed by atoms with Crippen molar-refractivity contribution in [3.8, 4) is 11.5 Å². The van der Waals surface area contributed by atoms with E-state index in [1.807, 2.05) is 0 Å². The van der Waals surface area contributed by atoms with Crippen LogP contribution in [0.15, 0.2) is 42.5 Å². The molecule has 0 unspecified atom stereocenters. The van der Waals surface area contributed by atoms with E-state index in [9.17, 15) is 13.6 Å². The molecule has 2 atom stereocenters. The number of hydrogen-bond acceptors (Lipinski definition) is 4. The van der Waals surface area contributed by atoms with Crippen LogP contribution < -0.4 is 15.8 Å². The number of benzene rings is 2. The summed E-state index contributed by atoms with van der Waals surface area (Å²) in [7, 11) is 0. The molecule has 0 bridgehead atoms. The number of carbonyl (C=O) groups is 1. The summed E-state index contributed by atoms with van der Waals surface area (Å²) in [4.78, 5) is 12.1. The molecule has 5 nitrogen and oxygen atoms in total. The van der Waals surface area contributed by atoms with Gasteiger partial charge in [-0.3, -0.25) is 4.79 Å². The Morgan fingerprint density at radius 2 is 1.92 bits per heavy atom. The van der Waals surface area contributed by atoms with Crippen molar-refractivity contribution in [3.05, 3.63) is 59.7 Å². The van der Waals surface area contributed by atoms with Crippen molar-refractivity contribution in [3.63, 3.8) is 0 Å². The molecular weight excluding hydrogens is 342 g/mol. The van der Waals surface area contributed by atoms with Gasteiger partial charge in [0.1, 0.15) is 6.10 Å². The van der Waals surface area contributed by atoms with Crippen LogP contribution in [0.2, 0.25) is 0 Å². The van der Waals surface area contributed by atoms with Gasteiger partial charge in [0.05, 0.1) is 6.10 Å². The number of rotatable bonds is 6. The molecule has 0 radical (unpaired) electrons. The van der Waals surface area contributed by atoms with Crippen LogP contribution in [0.5, 0.6) is 11.5 Å². The van der Waals surface area contributed by atoms with E-state index < -0.39 is 17.7 Å². The van der Waals surface area contributed by atoms with E-state index in [0.717, 1.165) is 6.42 Å². The molecule has 26 heavy (non-hydrogen) atoms. The predicted molar refractivity (Wildman–Crippen MR) is 91.7 cm³/mol. The lowest BCUT2D eigenvalue weighted by atomic mass is 10.1. The Hall–Kier alpha value is -2.51.